The molecule has 1 aliphatic rings. The van der Waals surface area contributed by atoms with Crippen LogP contribution in [0.1, 0.15) is 42.4 Å². The molecule has 0 spiro atoms. The number of aliphatic hydroxyl groups excluding tert-OH is 1. The third-order valence-electron chi connectivity index (χ3n) is 4.49. The summed E-state index contributed by atoms with van der Waals surface area (Å²) >= 11 is 0. The summed E-state index contributed by atoms with van der Waals surface area (Å²) in [6, 6.07) is 8.02. The maximum atomic E-state index is 9.42. The second-order valence-corrected chi connectivity index (χ2v) is 5.87. The summed E-state index contributed by atoms with van der Waals surface area (Å²) in [6.45, 7) is 4.19. The Morgan fingerprint density at radius 2 is 2.05 bits per heavy atom. The maximum absolute atomic E-state index is 9.42. The Kier molecular flexibility index (Phi) is 5.58. The fourth-order valence-corrected chi connectivity index (χ4v) is 3.15. The van der Waals surface area contributed by atoms with Crippen molar-refractivity contribution >= 4 is 0 Å². The quantitative estimate of drug-likeness (QED) is 0.866. The van der Waals surface area contributed by atoms with Crippen LogP contribution in [0.4, 0.5) is 0 Å². The molecule has 1 aliphatic carbocycles. The molecule has 0 saturated heterocycles. The van der Waals surface area contributed by atoms with E-state index in [-0.39, 0.29) is 0 Å². The van der Waals surface area contributed by atoms with Crippen molar-refractivity contribution in [3.63, 3.8) is 0 Å². The highest BCUT2D eigenvalue weighted by atomic mass is 16.3. The molecule has 2 rings (SSSR count). The Balaban J connectivity index is 1.85. The van der Waals surface area contributed by atoms with E-state index in [4.69, 9.17) is 5.26 Å². The zero-order valence-corrected chi connectivity index (χ0v) is 12.2. The number of nitriles is 1. The number of rotatable bonds is 5. The Morgan fingerprint density at radius 3 is 2.70 bits per heavy atom. The molecule has 1 aromatic carbocycles. The van der Waals surface area contributed by atoms with Crippen molar-refractivity contribution in [1.82, 2.24) is 5.32 Å². The van der Waals surface area contributed by atoms with Gasteiger partial charge in [0.25, 0.3) is 0 Å². The molecular weight excluding hydrogens is 248 g/mol. The van der Waals surface area contributed by atoms with E-state index in [1.165, 1.54) is 36.8 Å². The number of benzene rings is 1. The van der Waals surface area contributed by atoms with Crippen molar-refractivity contribution in [1.29, 1.82) is 5.26 Å². The number of hydrogen-bond acceptors (Lipinski definition) is 3. The van der Waals surface area contributed by atoms with Crippen LogP contribution in [0.25, 0.3) is 0 Å². The van der Waals surface area contributed by atoms with Crippen LogP contribution < -0.4 is 5.32 Å². The standard InChI is InChI=1S/C17H24N2O/c1-13-8-14(9-18)6-7-15(13)10-19-11-16-4-2-3-5-17(16)12-20/h6-8,16-17,19-20H,2-5,10-12H2,1H3. The van der Waals surface area contributed by atoms with Gasteiger partial charge in [-0.2, -0.15) is 5.26 Å². The smallest absolute Gasteiger partial charge is 0.0991 e. The molecule has 2 N–H and O–H groups in total. The minimum Gasteiger partial charge on any atom is -0.396 e. The third-order valence-corrected chi connectivity index (χ3v) is 4.49. The largest absolute Gasteiger partial charge is 0.396 e. The van der Waals surface area contributed by atoms with Gasteiger partial charge in [0.15, 0.2) is 0 Å². The number of aryl methyl sites for hydroxylation is 1. The SMILES string of the molecule is Cc1cc(C#N)ccc1CNCC1CCCCC1CO. The molecule has 0 aromatic heterocycles. The first-order valence-electron chi connectivity index (χ1n) is 7.55. The minimum absolute atomic E-state index is 0.322. The van der Waals surface area contributed by atoms with Crippen molar-refractivity contribution in [3.8, 4) is 6.07 Å². The van der Waals surface area contributed by atoms with Crippen LogP contribution in [-0.4, -0.2) is 18.3 Å². The molecule has 20 heavy (non-hydrogen) atoms. The lowest BCUT2D eigenvalue weighted by Gasteiger charge is -2.30. The summed E-state index contributed by atoms with van der Waals surface area (Å²) in [6.07, 6.45) is 4.94. The number of hydrogen-bond donors (Lipinski definition) is 2. The summed E-state index contributed by atoms with van der Waals surface area (Å²) in [5.41, 5.74) is 3.14. The molecule has 2 atom stereocenters. The van der Waals surface area contributed by atoms with Crippen LogP contribution in [0.2, 0.25) is 0 Å². The molecule has 0 heterocycles. The van der Waals surface area contributed by atoms with E-state index in [1.807, 2.05) is 18.2 Å². The molecule has 1 fully saturated rings. The summed E-state index contributed by atoms with van der Waals surface area (Å²) in [5, 5.41) is 21.8. The molecule has 0 bridgehead atoms. The maximum Gasteiger partial charge on any atom is 0.0991 e. The van der Waals surface area contributed by atoms with E-state index in [1.54, 1.807) is 0 Å². The van der Waals surface area contributed by atoms with E-state index >= 15 is 0 Å². The first kappa shape index (κ1) is 15.0. The van der Waals surface area contributed by atoms with Gasteiger partial charge in [0.1, 0.15) is 0 Å². The van der Waals surface area contributed by atoms with E-state index < -0.39 is 0 Å². The van der Waals surface area contributed by atoms with Gasteiger partial charge >= 0.3 is 0 Å². The second kappa shape index (κ2) is 7.42. The van der Waals surface area contributed by atoms with Gasteiger partial charge in [-0.25, -0.2) is 0 Å². The fraction of sp³-hybridized carbons (Fsp3) is 0.588. The fourth-order valence-electron chi connectivity index (χ4n) is 3.15. The van der Waals surface area contributed by atoms with Gasteiger partial charge in [0, 0.05) is 13.2 Å². The molecule has 108 valence electrons. The van der Waals surface area contributed by atoms with Gasteiger partial charge in [0.2, 0.25) is 0 Å². The average molecular weight is 272 g/mol. The van der Waals surface area contributed by atoms with Crippen LogP contribution in [0.5, 0.6) is 0 Å². The van der Waals surface area contributed by atoms with Gasteiger partial charge < -0.3 is 10.4 Å². The summed E-state index contributed by atoms with van der Waals surface area (Å²) < 4.78 is 0. The highest BCUT2D eigenvalue weighted by Crippen LogP contribution is 2.29. The third kappa shape index (κ3) is 3.82. The number of nitrogens with zero attached hydrogens (tertiary/aromatic N) is 1. The van der Waals surface area contributed by atoms with Gasteiger partial charge in [-0.1, -0.05) is 18.9 Å². The van der Waals surface area contributed by atoms with E-state index in [9.17, 15) is 5.11 Å². The highest BCUT2D eigenvalue weighted by Gasteiger charge is 2.23. The van der Waals surface area contributed by atoms with Gasteiger partial charge in [-0.05, 0) is 61.4 Å². The first-order chi connectivity index (χ1) is 9.74. The molecule has 1 aromatic rings. The molecule has 0 aliphatic heterocycles. The van der Waals surface area contributed by atoms with Crippen LogP contribution in [0.3, 0.4) is 0 Å². The van der Waals surface area contributed by atoms with Crippen LogP contribution in [-0.2, 0) is 6.54 Å². The predicted octanol–water partition coefficient (Wildman–Crippen LogP) is 2.76. The summed E-state index contributed by atoms with van der Waals surface area (Å²) in [4.78, 5) is 0. The van der Waals surface area contributed by atoms with Gasteiger partial charge in [-0.3, -0.25) is 0 Å². The normalized spacial score (nSPS) is 22.4. The zero-order valence-electron chi connectivity index (χ0n) is 12.2. The lowest BCUT2D eigenvalue weighted by atomic mass is 9.79. The molecule has 3 heteroatoms. The Labute approximate surface area is 121 Å². The van der Waals surface area contributed by atoms with Gasteiger partial charge in [0.05, 0.1) is 11.6 Å². The summed E-state index contributed by atoms with van der Waals surface area (Å²) in [5.74, 6) is 1.07. The van der Waals surface area contributed by atoms with E-state index in [0.29, 0.717) is 18.4 Å². The molecular formula is C17H24N2O. The first-order valence-corrected chi connectivity index (χ1v) is 7.55. The van der Waals surface area contributed by atoms with Crippen LogP contribution >= 0.6 is 0 Å². The molecule has 2 unspecified atom stereocenters. The monoisotopic (exact) mass is 272 g/mol. The Morgan fingerprint density at radius 1 is 1.30 bits per heavy atom. The van der Waals surface area contributed by atoms with Crippen molar-refractivity contribution in [3.05, 3.63) is 34.9 Å². The van der Waals surface area contributed by atoms with E-state index in [2.05, 4.69) is 18.3 Å². The number of aliphatic hydroxyl groups is 1. The average Bonchev–Trinajstić information content (AvgIpc) is 2.49. The van der Waals surface area contributed by atoms with Crippen molar-refractivity contribution in [2.45, 2.75) is 39.2 Å². The van der Waals surface area contributed by atoms with Gasteiger partial charge in [-0.15, -0.1) is 0 Å². The zero-order chi connectivity index (χ0) is 14.4. The lowest BCUT2D eigenvalue weighted by Crippen LogP contribution is -2.32. The molecule has 1 saturated carbocycles. The van der Waals surface area contributed by atoms with Crippen molar-refractivity contribution < 1.29 is 5.11 Å². The van der Waals surface area contributed by atoms with E-state index in [0.717, 1.165) is 18.7 Å². The predicted molar refractivity (Wildman–Crippen MR) is 80.1 cm³/mol. The highest BCUT2D eigenvalue weighted by molar-refractivity contribution is 5.37. The summed E-state index contributed by atoms with van der Waals surface area (Å²) in [7, 11) is 0. The molecule has 0 radical (unpaired) electrons. The van der Waals surface area contributed by atoms with Crippen molar-refractivity contribution in [2.75, 3.05) is 13.2 Å². The molecule has 0 amide bonds. The second-order valence-electron chi connectivity index (χ2n) is 5.87. The van der Waals surface area contributed by atoms with Crippen LogP contribution in [0, 0.1) is 30.1 Å². The minimum atomic E-state index is 0.322. The topological polar surface area (TPSA) is 56.0 Å². The molecule has 3 nitrogen and oxygen atoms in total. The van der Waals surface area contributed by atoms with Crippen molar-refractivity contribution in [2.24, 2.45) is 11.8 Å². The Hall–Kier alpha value is -1.37. The van der Waals surface area contributed by atoms with Crippen LogP contribution in [0.15, 0.2) is 18.2 Å². The number of nitrogens with one attached hydrogen (secondary N) is 1. The lowest BCUT2D eigenvalue weighted by molar-refractivity contribution is 0.133. The Bertz CT molecular complexity index is 478.